The molecule has 9 aromatic rings. The van der Waals surface area contributed by atoms with E-state index in [2.05, 4.69) is 130 Å². The van der Waals surface area contributed by atoms with E-state index in [1.807, 2.05) is 48.5 Å². The van der Waals surface area contributed by atoms with Crippen LogP contribution in [0.4, 0.5) is 0 Å². The molecule has 2 heterocycles. The highest BCUT2D eigenvalue weighted by Crippen LogP contribution is 2.38. The third-order valence-electron chi connectivity index (χ3n) is 9.62. The standard InChI is InChI=1S/C45H25N5/c46-26-29-9-20-43(50-41-7-3-1-5-36(41)37-6-2-4-8-42(37)50)38(23-29)34-14-12-32(13-15-34)33-16-18-35(19-17-33)49-44-21-10-30(27-47)24-39(44)40-25-31(28-48)11-22-45(40)49/h1-25H. The number of rotatable bonds is 4. The molecule has 0 fully saturated rings. The monoisotopic (exact) mass is 635 g/mol. The van der Waals surface area contributed by atoms with Gasteiger partial charge in [0.05, 0.1) is 62.7 Å². The van der Waals surface area contributed by atoms with Crippen molar-refractivity contribution in [1.29, 1.82) is 15.8 Å². The molecule has 9 rings (SSSR count). The first kappa shape index (κ1) is 28.8. The third kappa shape index (κ3) is 4.45. The van der Waals surface area contributed by atoms with Gasteiger partial charge in [0.25, 0.3) is 0 Å². The molecule has 5 heteroatoms. The molecule has 0 amide bonds. The molecular formula is C45H25N5. The van der Waals surface area contributed by atoms with E-state index in [9.17, 15) is 15.8 Å². The lowest BCUT2D eigenvalue weighted by Crippen LogP contribution is -1.98. The number of hydrogen-bond acceptors (Lipinski definition) is 3. The molecule has 5 nitrogen and oxygen atoms in total. The molecule has 50 heavy (non-hydrogen) atoms. The van der Waals surface area contributed by atoms with Crippen molar-refractivity contribution >= 4 is 43.6 Å². The van der Waals surface area contributed by atoms with Crippen LogP contribution in [0, 0.1) is 34.0 Å². The fraction of sp³-hybridized carbons (Fsp3) is 0. The summed E-state index contributed by atoms with van der Waals surface area (Å²) >= 11 is 0. The van der Waals surface area contributed by atoms with Crippen LogP contribution < -0.4 is 0 Å². The maximum atomic E-state index is 9.84. The summed E-state index contributed by atoms with van der Waals surface area (Å²) in [5.41, 5.74) is 12.2. The van der Waals surface area contributed by atoms with Gasteiger partial charge in [-0.15, -0.1) is 0 Å². The Bertz CT molecular complexity index is 2810. The van der Waals surface area contributed by atoms with Crippen molar-refractivity contribution in [2.75, 3.05) is 0 Å². The van der Waals surface area contributed by atoms with Gasteiger partial charge in [-0.05, 0) is 95.6 Å². The number of nitriles is 3. The number of benzene rings is 7. The normalized spacial score (nSPS) is 11.1. The first-order valence-electron chi connectivity index (χ1n) is 16.3. The second kappa shape index (κ2) is 11.4. The summed E-state index contributed by atoms with van der Waals surface area (Å²) < 4.78 is 4.48. The largest absolute Gasteiger partial charge is 0.309 e. The Balaban J connectivity index is 1.12. The van der Waals surface area contributed by atoms with E-state index >= 15 is 0 Å². The van der Waals surface area contributed by atoms with Crippen LogP contribution in [0.3, 0.4) is 0 Å². The fourth-order valence-electron chi connectivity index (χ4n) is 7.30. The fourth-order valence-corrected chi connectivity index (χ4v) is 7.30. The molecule has 0 spiro atoms. The lowest BCUT2D eigenvalue weighted by Gasteiger charge is -2.15. The second-order valence-corrected chi connectivity index (χ2v) is 12.4. The van der Waals surface area contributed by atoms with Gasteiger partial charge in [-0.2, -0.15) is 15.8 Å². The van der Waals surface area contributed by atoms with Crippen LogP contribution in [0.5, 0.6) is 0 Å². The minimum atomic E-state index is 0.583. The molecule has 0 saturated heterocycles. The Morgan fingerprint density at radius 1 is 0.360 bits per heavy atom. The zero-order chi connectivity index (χ0) is 33.8. The summed E-state index contributed by atoms with van der Waals surface area (Å²) in [6.07, 6.45) is 0. The highest BCUT2D eigenvalue weighted by atomic mass is 15.0. The maximum absolute atomic E-state index is 9.84. The van der Waals surface area contributed by atoms with Gasteiger partial charge < -0.3 is 9.13 Å². The number of para-hydroxylation sites is 2. The molecule has 0 saturated carbocycles. The highest BCUT2D eigenvalue weighted by molar-refractivity contribution is 6.11. The molecule has 0 unspecified atom stereocenters. The molecule has 0 aliphatic carbocycles. The smallest absolute Gasteiger partial charge is 0.0991 e. The van der Waals surface area contributed by atoms with Crippen molar-refractivity contribution < 1.29 is 0 Å². The molecule has 7 aromatic carbocycles. The lowest BCUT2D eigenvalue weighted by atomic mass is 9.97. The van der Waals surface area contributed by atoms with E-state index in [1.54, 1.807) is 0 Å². The Morgan fingerprint density at radius 3 is 1.34 bits per heavy atom. The summed E-state index contributed by atoms with van der Waals surface area (Å²) in [6, 6.07) is 58.0. The molecule has 2 aromatic heterocycles. The SMILES string of the molecule is N#Cc1ccc(-n2c3ccccc3c3ccccc32)c(-c2ccc(-c3ccc(-n4c5ccc(C#N)cc5c5cc(C#N)ccc54)cc3)cc2)c1. The van der Waals surface area contributed by atoms with Crippen LogP contribution in [0.1, 0.15) is 16.7 Å². The molecular weight excluding hydrogens is 611 g/mol. The van der Waals surface area contributed by atoms with Crippen molar-refractivity contribution in [1.82, 2.24) is 9.13 Å². The van der Waals surface area contributed by atoms with Crippen LogP contribution in [-0.4, -0.2) is 9.13 Å². The van der Waals surface area contributed by atoms with Gasteiger partial charge in [0.15, 0.2) is 0 Å². The summed E-state index contributed by atoms with van der Waals surface area (Å²) in [5, 5.41) is 33.2. The summed E-state index contributed by atoms with van der Waals surface area (Å²) in [6.45, 7) is 0. The average Bonchev–Trinajstić information content (AvgIpc) is 3.69. The molecule has 0 aliphatic rings. The van der Waals surface area contributed by atoms with Crippen molar-refractivity contribution in [3.05, 3.63) is 168 Å². The lowest BCUT2D eigenvalue weighted by molar-refractivity contribution is 1.18. The number of nitrogens with zero attached hydrogens (tertiary/aromatic N) is 5. The van der Waals surface area contributed by atoms with Crippen LogP contribution >= 0.6 is 0 Å². The first-order chi connectivity index (χ1) is 24.6. The van der Waals surface area contributed by atoms with Crippen molar-refractivity contribution in [2.24, 2.45) is 0 Å². The van der Waals surface area contributed by atoms with Crippen molar-refractivity contribution in [3.63, 3.8) is 0 Å². The van der Waals surface area contributed by atoms with Crippen LogP contribution in [0.25, 0.3) is 77.2 Å². The zero-order valence-corrected chi connectivity index (χ0v) is 26.7. The van der Waals surface area contributed by atoms with E-state index in [4.69, 9.17) is 0 Å². The van der Waals surface area contributed by atoms with E-state index in [0.29, 0.717) is 16.7 Å². The second-order valence-electron chi connectivity index (χ2n) is 12.4. The average molecular weight is 636 g/mol. The highest BCUT2D eigenvalue weighted by Gasteiger charge is 2.17. The van der Waals surface area contributed by atoms with Crippen LogP contribution in [0.15, 0.2) is 152 Å². The van der Waals surface area contributed by atoms with Crippen molar-refractivity contribution in [2.45, 2.75) is 0 Å². The predicted molar refractivity (Wildman–Crippen MR) is 200 cm³/mol. The molecule has 0 aliphatic heterocycles. The summed E-state index contributed by atoms with van der Waals surface area (Å²) in [5.74, 6) is 0. The molecule has 0 radical (unpaired) electrons. The first-order valence-corrected chi connectivity index (χ1v) is 16.3. The number of aromatic nitrogens is 2. The Labute approximate surface area is 287 Å². The molecule has 230 valence electrons. The van der Waals surface area contributed by atoms with E-state index in [1.165, 1.54) is 10.8 Å². The maximum Gasteiger partial charge on any atom is 0.0991 e. The molecule has 0 atom stereocenters. The van der Waals surface area contributed by atoms with Crippen LogP contribution in [0.2, 0.25) is 0 Å². The van der Waals surface area contributed by atoms with E-state index in [0.717, 1.165) is 66.5 Å². The minimum absolute atomic E-state index is 0.583. The zero-order valence-electron chi connectivity index (χ0n) is 26.7. The third-order valence-corrected chi connectivity index (χ3v) is 9.62. The Morgan fingerprint density at radius 2 is 0.800 bits per heavy atom. The van der Waals surface area contributed by atoms with Gasteiger partial charge in [0.1, 0.15) is 0 Å². The summed E-state index contributed by atoms with van der Waals surface area (Å²) in [7, 11) is 0. The van der Waals surface area contributed by atoms with Gasteiger partial charge >= 0.3 is 0 Å². The van der Waals surface area contributed by atoms with Gasteiger partial charge in [-0.1, -0.05) is 72.8 Å². The van der Waals surface area contributed by atoms with Gasteiger partial charge in [0.2, 0.25) is 0 Å². The van der Waals surface area contributed by atoms with Gasteiger partial charge in [0, 0.05) is 32.8 Å². The Hall–Kier alpha value is -7.39. The number of fused-ring (bicyclic) bond motifs is 6. The predicted octanol–water partition coefficient (Wildman–Crippen LogP) is 10.8. The summed E-state index contributed by atoms with van der Waals surface area (Å²) in [4.78, 5) is 0. The Kier molecular flexibility index (Phi) is 6.56. The quantitative estimate of drug-likeness (QED) is 0.193. The van der Waals surface area contributed by atoms with E-state index < -0.39 is 0 Å². The van der Waals surface area contributed by atoms with Crippen LogP contribution in [-0.2, 0) is 0 Å². The number of hydrogen-bond donors (Lipinski definition) is 0. The van der Waals surface area contributed by atoms with E-state index in [-0.39, 0.29) is 0 Å². The van der Waals surface area contributed by atoms with Gasteiger partial charge in [-0.3, -0.25) is 0 Å². The van der Waals surface area contributed by atoms with Crippen molar-refractivity contribution in [3.8, 4) is 51.8 Å². The molecule has 0 bridgehead atoms. The topological polar surface area (TPSA) is 81.2 Å². The molecule has 0 N–H and O–H groups in total. The van der Waals surface area contributed by atoms with Gasteiger partial charge in [-0.25, -0.2) is 0 Å². The minimum Gasteiger partial charge on any atom is -0.309 e.